The summed E-state index contributed by atoms with van der Waals surface area (Å²) < 4.78 is 21.4. The van der Waals surface area contributed by atoms with Crippen LogP contribution in [-0.2, 0) is 16.1 Å². The van der Waals surface area contributed by atoms with Crippen LogP contribution in [0.2, 0.25) is 0 Å². The van der Waals surface area contributed by atoms with Crippen molar-refractivity contribution < 1.29 is 18.7 Å². The number of halogens is 1. The van der Waals surface area contributed by atoms with E-state index in [0.29, 0.717) is 43.0 Å². The van der Waals surface area contributed by atoms with E-state index in [1.807, 2.05) is 0 Å². The van der Waals surface area contributed by atoms with E-state index < -0.39 is 11.7 Å². The molecule has 4 N–H and O–H groups in total. The predicted octanol–water partition coefficient (Wildman–Crippen LogP) is 1.49. The van der Waals surface area contributed by atoms with Gasteiger partial charge in [-0.3, -0.25) is 9.59 Å². The molecular weight excluding hydrogens is 453 g/mol. The number of carbonyl (C=O) groups excluding carboxylic acids is 2. The summed E-state index contributed by atoms with van der Waals surface area (Å²) in [5.41, 5.74) is 7.16. The van der Waals surface area contributed by atoms with Crippen LogP contribution in [0.4, 0.5) is 10.2 Å². The van der Waals surface area contributed by atoms with Crippen LogP contribution in [0.1, 0.15) is 28.0 Å². The number of amides is 2. The molecule has 3 heterocycles. The molecule has 35 heavy (non-hydrogen) atoms. The van der Waals surface area contributed by atoms with Crippen LogP contribution >= 0.6 is 0 Å². The van der Waals surface area contributed by atoms with Gasteiger partial charge in [-0.2, -0.15) is 5.10 Å². The zero-order chi connectivity index (χ0) is 25.1. The Morgan fingerprint density at radius 1 is 1.43 bits per heavy atom. The summed E-state index contributed by atoms with van der Waals surface area (Å²) in [5.74, 6) is 4.60. The molecule has 2 amide bonds. The molecule has 2 atom stereocenters. The second-order valence-corrected chi connectivity index (χ2v) is 8.28. The van der Waals surface area contributed by atoms with Crippen LogP contribution in [-0.4, -0.2) is 69.8 Å². The molecule has 1 saturated heterocycles. The van der Waals surface area contributed by atoms with Crippen LogP contribution in [0.15, 0.2) is 31.1 Å². The number of imidazole rings is 1. The van der Waals surface area contributed by atoms with Crippen molar-refractivity contribution in [2.24, 2.45) is 11.7 Å². The first-order valence-electron chi connectivity index (χ1n) is 11.0. The molecule has 10 nitrogen and oxygen atoms in total. The highest BCUT2D eigenvalue weighted by atomic mass is 19.1. The first-order chi connectivity index (χ1) is 16.9. The van der Waals surface area contributed by atoms with Crippen LogP contribution in [0.25, 0.3) is 11.0 Å². The summed E-state index contributed by atoms with van der Waals surface area (Å²) in [5, 5.41) is 7.48. The molecule has 3 aromatic rings. The number of rotatable bonds is 7. The second kappa shape index (κ2) is 9.99. The van der Waals surface area contributed by atoms with Gasteiger partial charge in [0.05, 0.1) is 35.6 Å². The number of carbonyl (C=O) groups is 2. The third-order valence-corrected chi connectivity index (χ3v) is 6.01. The van der Waals surface area contributed by atoms with Crippen LogP contribution in [0, 0.1) is 23.6 Å². The average Bonchev–Trinajstić information content (AvgIpc) is 3.54. The van der Waals surface area contributed by atoms with Gasteiger partial charge in [-0.05, 0) is 30.4 Å². The van der Waals surface area contributed by atoms with Crippen LogP contribution in [0.3, 0.4) is 0 Å². The molecule has 2 aromatic heterocycles. The number of benzene rings is 1. The minimum Gasteiger partial charge on any atom is -0.383 e. The normalized spacial score (nSPS) is 17.3. The Bertz CT molecular complexity index is 1350. The van der Waals surface area contributed by atoms with Crippen molar-refractivity contribution in [2.45, 2.75) is 19.0 Å². The molecule has 1 aromatic carbocycles. The van der Waals surface area contributed by atoms with Crippen molar-refractivity contribution in [2.75, 3.05) is 32.6 Å². The number of fused-ring (bicyclic) bond motifs is 1. The molecule has 0 saturated carbocycles. The Morgan fingerprint density at radius 2 is 2.23 bits per heavy atom. The van der Waals surface area contributed by atoms with Gasteiger partial charge in [0, 0.05) is 33.3 Å². The first-order valence-corrected chi connectivity index (χ1v) is 11.0. The van der Waals surface area contributed by atoms with E-state index >= 15 is 0 Å². The van der Waals surface area contributed by atoms with Crippen molar-refractivity contribution in [3.63, 3.8) is 0 Å². The van der Waals surface area contributed by atoms with E-state index in [1.54, 1.807) is 29.8 Å². The third-order valence-electron chi connectivity index (χ3n) is 6.01. The predicted molar refractivity (Wildman–Crippen MR) is 128 cm³/mol. The number of primary amides is 1. The molecule has 182 valence electrons. The van der Waals surface area contributed by atoms with Crippen molar-refractivity contribution in [1.29, 1.82) is 0 Å². The lowest BCUT2D eigenvalue weighted by Crippen LogP contribution is -2.37. The lowest BCUT2D eigenvalue weighted by atomic mass is 10.1. The molecule has 0 aliphatic carbocycles. The zero-order valence-corrected chi connectivity index (χ0v) is 19.5. The van der Waals surface area contributed by atoms with Crippen molar-refractivity contribution in [3.8, 4) is 11.8 Å². The molecular formula is C24H26FN7O3. The Hall–Kier alpha value is -4.17. The highest BCUT2D eigenvalue weighted by molar-refractivity contribution is 6.00. The number of nitrogens with zero attached hydrogens (tertiary/aromatic N) is 4. The van der Waals surface area contributed by atoms with Crippen molar-refractivity contribution >= 4 is 28.7 Å². The van der Waals surface area contributed by atoms with Gasteiger partial charge in [0.2, 0.25) is 5.91 Å². The zero-order valence-electron chi connectivity index (χ0n) is 19.5. The van der Waals surface area contributed by atoms with Gasteiger partial charge in [0.15, 0.2) is 5.69 Å². The monoisotopic (exact) mass is 479 g/mol. The van der Waals surface area contributed by atoms with Gasteiger partial charge < -0.3 is 25.7 Å². The van der Waals surface area contributed by atoms with Gasteiger partial charge in [-0.1, -0.05) is 12.5 Å². The SMILES string of the molecule is C=CC(=O)N1C[C@@H](Cn2nc(C#Cc3cc4[nH]cnc4cc3F)c(C(N)=O)c2NC)C[C@@H]1COC. The number of hydrogen-bond donors (Lipinski definition) is 3. The Balaban J connectivity index is 1.66. The maximum atomic E-state index is 14.5. The largest absolute Gasteiger partial charge is 0.383 e. The summed E-state index contributed by atoms with van der Waals surface area (Å²) in [4.78, 5) is 33.2. The summed E-state index contributed by atoms with van der Waals surface area (Å²) in [7, 11) is 3.24. The second-order valence-electron chi connectivity index (χ2n) is 8.28. The maximum absolute atomic E-state index is 14.5. The van der Waals surface area contributed by atoms with E-state index in [2.05, 4.69) is 38.8 Å². The van der Waals surface area contributed by atoms with Gasteiger partial charge in [0.1, 0.15) is 17.2 Å². The fourth-order valence-corrected chi connectivity index (χ4v) is 4.48. The number of aromatic nitrogens is 4. The van der Waals surface area contributed by atoms with Gasteiger partial charge in [0.25, 0.3) is 5.91 Å². The highest BCUT2D eigenvalue weighted by Gasteiger charge is 2.35. The van der Waals surface area contributed by atoms with Crippen molar-refractivity contribution in [3.05, 3.63) is 53.8 Å². The van der Waals surface area contributed by atoms with Crippen LogP contribution < -0.4 is 11.1 Å². The summed E-state index contributed by atoms with van der Waals surface area (Å²) in [6, 6.07) is 2.75. The summed E-state index contributed by atoms with van der Waals surface area (Å²) in [6.45, 7) is 4.88. The topological polar surface area (TPSA) is 131 Å². The number of ether oxygens (including phenoxy) is 1. The first kappa shape index (κ1) is 24.0. The lowest BCUT2D eigenvalue weighted by Gasteiger charge is -2.22. The van der Waals surface area contributed by atoms with E-state index in [1.165, 1.54) is 18.5 Å². The van der Waals surface area contributed by atoms with Gasteiger partial charge in [-0.25, -0.2) is 14.1 Å². The number of likely N-dealkylation sites (tertiary alicyclic amines) is 1. The van der Waals surface area contributed by atoms with E-state index in [9.17, 15) is 14.0 Å². The Labute approximate surface area is 201 Å². The molecule has 0 radical (unpaired) electrons. The Kier molecular flexibility index (Phi) is 6.84. The fourth-order valence-electron chi connectivity index (χ4n) is 4.48. The Morgan fingerprint density at radius 3 is 2.91 bits per heavy atom. The minimum atomic E-state index is -0.707. The van der Waals surface area contributed by atoms with Crippen molar-refractivity contribution in [1.82, 2.24) is 24.6 Å². The molecule has 1 aliphatic rings. The smallest absolute Gasteiger partial charge is 0.255 e. The molecule has 1 fully saturated rings. The summed E-state index contributed by atoms with van der Waals surface area (Å²) >= 11 is 0. The van der Waals surface area contributed by atoms with Crippen LogP contribution in [0.5, 0.6) is 0 Å². The van der Waals surface area contributed by atoms with E-state index in [4.69, 9.17) is 10.5 Å². The van der Waals surface area contributed by atoms with Gasteiger partial charge in [-0.15, -0.1) is 0 Å². The average molecular weight is 480 g/mol. The number of methoxy groups -OCH3 is 1. The van der Waals surface area contributed by atoms with E-state index in [-0.39, 0.29) is 34.7 Å². The maximum Gasteiger partial charge on any atom is 0.255 e. The molecule has 4 rings (SSSR count). The highest BCUT2D eigenvalue weighted by Crippen LogP contribution is 2.28. The number of hydrogen-bond acceptors (Lipinski definition) is 6. The van der Waals surface area contributed by atoms with E-state index in [0.717, 1.165) is 0 Å². The van der Waals surface area contributed by atoms with Gasteiger partial charge >= 0.3 is 0 Å². The molecule has 0 spiro atoms. The quantitative estimate of drug-likeness (QED) is 0.348. The molecule has 1 aliphatic heterocycles. The lowest BCUT2D eigenvalue weighted by molar-refractivity contribution is -0.127. The standard InChI is InChI=1S/C24H26FN7O3/c1-4-21(33)31-10-14(7-16(31)12-35-3)11-32-24(27-2)22(23(26)34)18(30-32)6-5-15-8-19-20(9-17(15)25)29-13-28-19/h4,8-9,13-14,16,27H,1,7,10-12H2,2-3H3,(H2,26,34)(H,28,29)/t14-,16+/m0/s1. The minimum absolute atomic E-state index is 0.0489. The third kappa shape index (κ3) is 4.74. The fraction of sp³-hybridized carbons (Fsp3) is 0.333. The molecule has 0 unspecified atom stereocenters. The molecule has 11 heteroatoms. The molecule has 0 bridgehead atoms. The number of anilines is 1. The number of nitrogens with one attached hydrogen (secondary N) is 2. The summed E-state index contributed by atoms with van der Waals surface area (Å²) in [6.07, 6.45) is 3.45. The number of nitrogens with two attached hydrogens (primary N) is 1. The number of H-pyrrole nitrogens is 1. The number of aromatic amines is 1.